The fourth-order valence-corrected chi connectivity index (χ4v) is 2.16. The van der Waals surface area contributed by atoms with Gasteiger partial charge in [-0.05, 0) is 18.2 Å². The van der Waals surface area contributed by atoms with Gasteiger partial charge in [0.05, 0.1) is 7.11 Å². The molecule has 0 saturated carbocycles. The average Bonchev–Trinajstić information content (AvgIpc) is 2.30. The molecule has 7 heteroatoms. The van der Waals surface area contributed by atoms with Crippen LogP contribution in [0.5, 0.6) is 5.75 Å². The Labute approximate surface area is 109 Å². The number of hydrogen-bond acceptors (Lipinski definition) is 5. The number of benzene rings is 1. The zero-order valence-corrected chi connectivity index (χ0v) is 10.8. The number of methoxy groups -OCH3 is 1. The molecule has 0 aliphatic heterocycles. The average molecular weight is 269 g/mol. The maximum atomic E-state index is 11.2. The van der Waals surface area contributed by atoms with E-state index >= 15 is 0 Å². The van der Waals surface area contributed by atoms with Gasteiger partial charge in [-0.1, -0.05) is 0 Å². The third kappa shape index (κ3) is 4.54. The maximum Gasteiger partial charge on any atom is 0.318 e. The number of anilines is 1. The monoisotopic (exact) mass is 269 g/mol. The summed E-state index contributed by atoms with van der Waals surface area (Å²) in [4.78, 5) is 22.4. The molecule has 0 fully saturated rings. The van der Waals surface area contributed by atoms with Crippen molar-refractivity contribution in [2.45, 2.75) is 11.3 Å². The molecule has 0 bridgehead atoms. The van der Waals surface area contributed by atoms with Crippen LogP contribution in [0, 0.1) is 0 Å². The van der Waals surface area contributed by atoms with Gasteiger partial charge in [-0.25, -0.2) is 4.79 Å². The van der Waals surface area contributed by atoms with E-state index in [0.29, 0.717) is 17.2 Å². The van der Waals surface area contributed by atoms with E-state index in [1.165, 1.54) is 11.8 Å². The van der Waals surface area contributed by atoms with E-state index in [-0.39, 0.29) is 6.42 Å². The molecule has 0 aromatic heterocycles. The molecule has 3 amide bonds. The van der Waals surface area contributed by atoms with Crippen LogP contribution >= 0.6 is 11.8 Å². The lowest BCUT2D eigenvalue weighted by atomic mass is 10.3. The number of primary amides is 1. The third-order valence-corrected chi connectivity index (χ3v) is 3.14. The van der Waals surface area contributed by atoms with E-state index < -0.39 is 11.9 Å². The molecular formula is C11H15N3O3S. The molecule has 0 heterocycles. The Morgan fingerprint density at radius 1 is 1.44 bits per heavy atom. The standard InChI is InChI=1S/C11H15N3O3S/c1-17-7-2-3-8(12)9(6-7)18-5-4-10(15)14-11(13)16/h2-3,6H,4-5,12H2,1H3,(H3,13,14,15,16). The Bertz CT molecular complexity index is 451. The molecule has 1 aromatic carbocycles. The predicted molar refractivity (Wildman–Crippen MR) is 70.5 cm³/mol. The van der Waals surface area contributed by atoms with Crippen LogP contribution in [0.3, 0.4) is 0 Å². The van der Waals surface area contributed by atoms with E-state index in [9.17, 15) is 9.59 Å². The van der Waals surface area contributed by atoms with Crippen LogP contribution in [0.4, 0.5) is 10.5 Å². The summed E-state index contributed by atoms with van der Waals surface area (Å²) >= 11 is 1.41. The Kier molecular flexibility index (Phi) is 5.31. The van der Waals surface area contributed by atoms with E-state index in [1.807, 2.05) is 5.32 Å². The molecular weight excluding hydrogens is 254 g/mol. The third-order valence-electron chi connectivity index (χ3n) is 2.07. The topological polar surface area (TPSA) is 107 Å². The van der Waals surface area contributed by atoms with Crippen LogP contribution < -0.4 is 21.5 Å². The summed E-state index contributed by atoms with van der Waals surface area (Å²) in [5.41, 5.74) is 11.2. The van der Waals surface area contributed by atoms with Crippen molar-refractivity contribution in [2.75, 3.05) is 18.6 Å². The Morgan fingerprint density at radius 2 is 2.17 bits per heavy atom. The number of urea groups is 1. The van der Waals surface area contributed by atoms with Gasteiger partial charge in [0.15, 0.2) is 0 Å². The first-order valence-electron chi connectivity index (χ1n) is 5.18. The molecule has 0 spiro atoms. The smallest absolute Gasteiger partial charge is 0.318 e. The summed E-state index contributed by atoms with van der Waals surface area (Å²) in [6.07, 6.45) is 0.185. The second-order valence-electron chi connectivity index (χ2n) is 3.41. The first-order valence-corrected chi connectivity index (χ1v) is 6.17. The molecule has 0 unspecified atom stereocenters. The normalized spacial score (nSPS) is 9.83. The van der Waals surface area contributed by atoms with E-state index in [4.69, 9.17) is 16.2 Å². The number of thioether (sulfide) groups is 1. The number of carbonyl (C=O) groups is 2. The highest BCUT2D eigenvalue weighted by Crippen LogP contribution is 2.29. The molecule has 0 saturated heterocycles. The molecule has 0 atom stereocenters. The summed E-state index contributed by atoms with van der Waals surface area (Å²) in [5, 5.41) is 2.00. The molecule has 0 aliphatic rings. The minimum atomic E-state index is -0.842. The van der Waals surface area contributed by atoms with Gasteiger partial charge in [0.2, 0.25) is 5.91 Å². The van der Waals surface area contributed by atoms with Gasteiger partial charge in [-0.15, -0.1) is 11.8 Å². The number of nitrogens with one attached hydrogen (secondary N) is 1. The highest BCUT2D eigenvalue weighted by Gasteiger charge is 2.06. The van der Waals surface area contributed by atoms with Gasteiger partial charge in [0.25, 0.3) is 0 Å². The summed E-state index contributed by atoms with van der Waals surface area (Å²) < 4.78 is 5.08. The summed E-state index contributed by atoms with van der Waals surface area (Å²) in [6, 6.07) is 4.46. The number of carbonyl (C=O) groups excluding carboxylic acids is 2. The van der Waals surface area contributed by atoms with Gasteiger partial charge >= 0.3 is 6.03 Å². The number of ether oxygens (including phenoxy) is 1. The zero-order chi connectivity index (χ0) is 13.5. The number of hydrogen-bond donors (Lipinski definition) is 3. The molecule has 1 aromatic rings. The minimum Gasteiger partial charge on any atom is -0.497 e. The first kappa shape index (κ1) is 14.2. The fourth-order valence-electron chi connectivity index (χ4n) is 1.22. The maximum absolute atomic E-state index is 11.2. The van der Waals surface area contributed by atoms with Crippen molar-refractivity contribution in [3.63, 3.8) is 0 Å². The summed E-state index contributed by atoms with van der Waals surface area (Å²) in [5.74, 6) is 0.793. The van der Waals surface area contributed by atoms with Gasteiger partial charge in [0.1, 0.15) is 5.75 Å². The molecule has 0 aliphatic carbocycles. The van der Waals surface area contributed by atoms with E-state index in [1.54, 1.807) is 25.3 Å². The van der Waals surface area contributed by atoms with Crippen molar-refractivity contribution >= 4 is 29.4 Å². The lowest BCUT2D eigenvalue weighted by molar-refractivity contribution is -0.119. The van der Waals surface area contributed by atoms with Crippen LogP contribution in [0.2, 0.25) is 0 Å². The molecule has 98 valence electrons. The van der Waals surface area contributed by atoms with E-state index in [2.05, 4.69) is 0 Å². The van der Waals surface area contributed by atoms with Crippen LogP contribution in [0.25, 0.3) is 0 Å². The van der Waals surface area contributed by atoms with Crippen LogP contribution in [0.15, 0.2) is 23.1 Å². The van der Waals surface area contributed by atoms with Gasteiger partial charge < -0.3 is 16.2 Å². The van der Waals surface area contributed by atoms with Crippen LogP contribution in [-0.4, -0.2) is 24.8 Å². The van der Waals surface area contributed by atoms with Crippen molar-refractivity contribution in [1.82, 2.24) is 5.32 Å². The number of nitrogen functional groups attached to an aromatic ring is 1. The first-order chi connectivity index (χ1) is 8.52. The number of amides is 3. The largest absolute Gasteiger partial charge is 0.497 e. The molecule has 6 nitrogen and oxygen atoms in total. The predicted octanol–water partition coefficient (Wildman–Crippen LogP) is 0.954. The van der Waals surface area contributed by atoms with Gasteiger partial charge in [-0.3, -0.25) is 10.1 Å². The van der Waals surface area contributed by atoms with Crippen molar-refractivity contribution in [3.8, 4) is 5.75 Å². The number of imide groups is 1. The Hall–Kier alpha value is -1.89. The van der Waals surface area contributed by atoms with Crippen molar-refractivity contribution in [1.29, 1.82) is 0 Å². The highest BCUT2D eigenvalue weighted by atomic mass is 32.2. The summed E-state index contributed by atoms with van der Waals surface area (Å²) in [6.45, 7) is 0. The Balaban J connectivity index is 2.48. The molecule has 0 radical (unpaired) electrons. The second kappa shape index (κ2) is 6.75. The zero-order valence-electron chi connectivity index (χ0n) is 9.93. The number of nitrogens with two attached hydrogens (primary N) is 2. The minimum absolute atomic E-state index is 0.185. The lowest BCUT2D eigenvalue weighted by Crippen LogP contribution is -2.35. The lowest BCUT2D eigenvalue weighted by Gasteiger charge is -2.07. The molecule has 1 rings (SSSR count). The van der Waals surface area contributed by atoms with Crippen molar-refractivity contribution in [3.05, 3.63) is 18.2 Å². The molecule has 5 N–H and O–H groups in total. The molecule has 18 heavy (non-hydrogen) atoms. The van der Waals surface area contributed by atoms with Crippen molar-refractivity contribution < 1.29 is 14.3 Å². The van der Waals surface area contributed by atoms with E-state index in [0.717, 1.165) is 4.90 Å². The van der Waals surface area contributed by atoms with Crippen LogP contribution in [-0.2, 0) is 4.79 Å². The van der Waals surface area contributed by atoms with Crippen LogP contribution in [0.1, 0.15) is 6.42 Å². The quantitative estimate of drug-likeness (QED) is 0.545. The highest BCUT2D eigenvalue weighted by molar-refractivity contribution is 7.99. The van der Waals surface area contributed by atoms with Gasteiger partial charge in [-0.2, -0.15) is 0 Å². The summed E-state index contributed by atoms with van der Waals surface area (Å²) in [7, 11) is 1.57. The number of rotatable bonds is 5. The Morgan fingerprint density at radius 3 is 2.78 bits per heavy atom. The second-order valence-corrected chi connectivity index (χ2v) is 4.55. The SMILES string of the molecule is COc1ccc(N)c(SCCC(=O)NC(N)=O)c1. The van der Waals surface area contributed by atoms with Crippen molar-refractivity contribution in [2.24, 2.45) is 5.73 Å². The van der Waals surface area contributed by atoms with Gasteiger partial charge in [0, 0.05) is 22.8 Å². The fraction of sp³-hybridized carbons (Fsp3) is 0.273.